The van der Waals surface area contributed by atoms with Crippen LogP contribution in [-0.4, -0.2) is 29.2 Å². The Morgan fingerprint density at radius 3 is 1.92 bits per heavy atom. The lowest BCUT2D eigenvalue weighted by Gasteiger charge is -2.31. The third-order valence-electron chi connectivity index (χ3n) is 4.13. The first-order valence-electron chi connectivity index (χ1n) is 7.67. The predicted molar refractivity (Wildman–Crippen MR) is 90.1 cm³/mol. The van der Waals surface area contributed by atoms with Gasteiger partial charge in [-0.25, -0.2) is 0 Å². The van der Waals surface area contributed by atoms with E-state index in [0.717, 1.165) is 26.1 Å². The fourth-order valence-electron chi connectivity index (χ4n) is 2.98. The van der Waals surface area contributed by atoms with Crippen LogP contribution in [0.25, 0.3) is 0 Å². The highest BCUT2D eigenvalue weighted by Gasteiger charge is 2.34. The quantitative estimate of drug-likeness (QED) is 0.790. The van der Waals surface area contributed by atoms with Crippen LogP contribution in [0.2, 0.25) is 0 Å². The molecule has 0 bridgehead atoms. The molecule has 120 valence electrons. The summed E-state index contributed by atoms with van der Waals surface area (Å²) >= 11 is 1.61. The summed E-state index contributed by atoms with van der Waals surface area (Å²) < 4.78 is 0. The summed E-state index contributed by atoms with van der Waals surface area (Å²) in [6.45, 7) is -0.217. The molecule has 0 atom stereocenters. The maximum atomic E-state index is 12.9. The average molecular weight is 338 g/mol. The summed E-state index contributed by atoms with van der Waals surface area (Å²) in [6, 6.07) is 15.3. The third-order valence-corrected chi connectivity index (χ3v) is 5.26. The Morgan fingerprint density at radius 1 is 0.875 bits per heavy atom. The van der Waals surface area contributed by atoms with E-state index < -0.39 is 0 Å². The number of hydrogen-bond donors (Lipinski definition) is 0. The van der Waals surface area contributed by atoms with Crippen LogP contribution in [0.4, 0.5) is 11.4 Å². The Labute approximate surface area is 143 Å². The van der Waals surface area contributed by atoms with Crippen molar-refractivity contribution in [3.05, 3.63) is 48.5 Å². The normalized spacial score (nSPS) is 16.2. The summed E-state index contributed by atoms with van der Waals surface area (Å²) in [4.78, 5) is 41.2. The number of carbonyl (C=O) groups excluding carboxylic acids is 3. The summed E-state index contributed by atoms with van der Waals surface area (Å²) in [5.74, 6) is -0.832. The van der Waals surface area contributed by atoms with Gasteiger partial charge in [-0.15, -0.1) is 0 Å². The molecule has 2 aromatic rings. The minimum atomic E-state index is -0.279. The van der Waals surface area contributed by atoms with Crippen molar-refractivity contribution in [1.82, 2.24) is 4.90 Å². The summed E-state index contributed by atoms with van der Waals surface area (Å²) in [6.07, 6.45) is 0.379. The van der Waals surface area contributed by atoms with Gasteiger partial charge in [0.05, 0.1) is 11.4 Å². The van der Waals surface area contributed by atoms with Gasteiger partial charge in [0.1, 0.15) is 6.54 Å². The standard InChI is InChI=1S/C18H14N2O3S/c21-16-9-10-17(22)19(16)11-18(23)20-12-5-1-3-7-14(12)24-15-8-4-2-6-13(15)20/h1-8H,9-11H2. The van der Waals surface area contributed by atoms with Crippen molar-refractivity contribution >= 4 is 40.9 Å². The number of imide groups is 1. The van der Waals surface area contributed by atoms with Gasteiger partial charge in [-0.3, -0.25) is 24.2 Å². The Kier molecular flexibility index (Phi) is 3.61. The zero-order chi connectivity index (χ0) is 16.7. The van der Waals surface area contributed by atoms with Gasteiger partial charge >= 0.3 is 0 Å². The van der Waals surface area contributed by atoms with Gasteiger partial charge in [0.2, 0.25) is 11.8 Å². The van der Waals surface area contributed by atoms with Crippen LogP contribution in [0.5, 0.6) is 0 Å². The Morgan fingerprint density at radius 2 is 1.38 bits per heavy atom. The zero-order valence-corrected chi connectivity index (χ0v) is 13.6. The van der Waals surface area contributed by atoms with Gasteiger partial charge in [0.15, 0.2) is 0 Å². The molecule has 0 N–H and O–H groups in total. The number of hydrogen-bond acceptors (Lipinski definition) is 4. The SMILES string of the molecule is O=C1CCC(=O)N1CC(=O)N1c2ccccc2Sc2ccccc21. The van der Waals surface area contributed by atoms with E-state index in [2.05, 4.69) is 0 Å². The second kappa shape index (κ2) is 5.79. The third kappa shape index (κ3) is 2.39. The van der Waals surface area contributed by atoms with Gasteiger partial charge in [0.25, 0.3) is 5.91 Å². The van der Waals surface area contributed by atoms with E-state index in [0.29, 0.717) is 0 Å². The molecule has 24 heavy (non-hydrogen) atoms. The van der Waals surface area contributed by atoms with Gasteiger partial charge < -0.3 is 0 Å². The number of carbonyl (C=O) groups is 3. The van der Waals surface area contributed by atoms with E-state index in [1.807, 2.05) is 48.5 Å². The largest absolute Gasteiger partial charge is 0.277 e. The van der Waals surface area contributed by atoms with E-state index in [9.17, 15) is 14.4 Å². The smallest absolute Gasteiger partial charge is 0.251 e. The van der Waals surface area contributed by atoms with Crippen molar-refractivity contribution in [2.45, 2.75) is 22.6 Å². The van der Waals surface area contributed by atoms with Crippen molar-refractivity contribution in [3.63, 3.8) is 0 Å². The van der Waals surface area contributed by atoms with Crippen molar-refractivity contribution in [2.24, 2.45) is 0 Å². The monoisotopic (exact) mass is 338 g/mol. The maximum Gasteiger partial charge on any atom is 0.251 e. The van der Waals surface area contributed by atoms with Crippen LogP contribution in [0.3, 0.4) is 0 Å². The van der Waals surface area contributed by atoms with Crippen LogP contribution in [0.15, 0.2) is 58.3 Å². The number of nitrogens with zero attached hydrogens (tertiary/aromatic N) is 2. The molecule has 2 aromatic carbocycles. The second-order valence-electron chi connectivity index (χ2n) is 5.64. The van der Waals surface area contributed by atoms with Crippen LogP contribution in [0, 0.1) is 0 Å². The molecule has 6 heteroatoms. The average Bonchev–Trinajstić information content (AvgIpc) is 2.91. The summed E-state index contributed by atoms with van der Waals surface area (Å²) in [7, 11) is 0. The number of likely N-dealkylation sites (tertiary alicyclic amines) is 1. The minimum absolute atomic E-state index is 0.190. The maximum absolute atomic E-state index is 12.9. The molecule has 2 heterocycles. The molecule has 0 unspecified atom stereocenters. The first-order valence-corrected chi connectivity index (χ1v) is 8.49. The molecule has 0 saturated carbocycles. The molecule has 3 amide bonds. The molecule has 2 aliphatic heterocycles. The lowest BCUT2D eigenvalue weighted by Crippen LogP contribution is -2.41. The Balaban J connectivity index is 1.73. The number of benzene rings is 2. The van der Waals surface area contributed by atoms with E-state index >= 15 is 0 Å². The first kappa shape index (κ1) is 15.0. The lowest BCUT2D eigenvalue weighted by molar-refractivity contribution is -0.141. The van der Waals surface area contributed by atoms with Crippen molar-refractivity contribution in [2.75, 3.05) is 11.4 Å². The first-order chi connectivity index (χ1) is 11.6. The molecule has 1 fully saturated rings. The van der Waals surface area contributed by atoms with Gasteiger partial charge in [0, 0.05) is 22.6 Å². The van der Waals surface area contributed by atoms with Gasteiger partial charge in [-0.05, 0) is 24.3 Å². The van der Waals surface area contributed by atoms with Gasteiger partial charge in [-0.2, -0.15) is 0 Å². The molecular formula is C18H14N2O3S. The number of amides is 3. The van der Waals surface area contributed by atoms with E-state index in [1.54, 1.807) is 16.7 Å². The highest BCUT2D eigenvalue weighted by Crippen LogP contribution is 2.47. The van der Waals surface area contributed by atoms with E-state index in [-0.39, 0.29) is 37.1 Å². The van der Waals surface area contributed by atoms with Crippen molar-refractivity contribution in [1.29, 1.82) is 0 Å². The van der Waals surface area contributed by atoms with Gasteiger partial charge in [-0.1, -0.05) is 36.0 Å². The highest BCUT2D eigenvalue weighted by atomic mass is 32.2. The number of fused-ring (bicyclic) bond motifs is 2. The second-order valence-corrected chi connectivity index (χ2v) is 6.72. The molecule has 5 nitrogen and oxygen atoms in total. The highest BCUT2D eigenvalue weighted by molar-refractivity contribution is 7.99. The summed E-state index contributed by atoms with van der Waals surface area (Å²) in [5, 5.41) is 0. The molecule has 0 aliphatic carbocycles. The molecule has 4 rings (SSSR count). The Bertz CT molecular complexity index is 803. The predicted octanol–water partition coefficient (Wildman–Crippen LogP) is 2.96. The van der Waals surface area contributed by atoms with Crippen molar-refractivity contribution < 1.29 is 14.4 Å². The van der Waals surface area contributed by atoms with E-state index in [1.165, 1.54) is 0 Å². The van der Waals surface area contributed by atoms with Crippen LogP contribution < -0.4 is 4.90 Å². The minimum Gasteiger partial charge on any atom is -0.277 e. The van der Waals surface area contributed by atoms with E-state index in [4.69, 9.17) is 0 Å². The Hall–Kier alpha value is -2.60. The molecular weight excluding hydrogens is 324 g/mol. The van der Waals surface area contributed by atoms with Crippen LogP contribution in [-0.2, 0) is 14.4 Å². The number of para-hydroxylation sites is 2. The fourth-order valence-corrected chi connectivity index (χ4v) is 4.04. The fraction of sp³-hybridized carbons (Fsp3) is 0.167. The van der Waals surface area contributed by atoms with Crippen LogP contribution in [0.1, 0.15) is 12.8 Å². The summed E-state index contributed by atoms with van der Waals surface area (Å²) in [5.41, 5.74) is 1.57. The molecule has 1 saturated heterocycles. The molecule has 0 aromatic heterocycles. The number of rotatable bonds is 2. The van der Waals surface area contributed by atoms with Crippen LogP contribution >= 0.6 is 11.8 Å². The molecule has 2 aliphatic rings. The number of anilines is 2. The topological polar surface area (TPSA) is 57.7 Å². The lowest BCUT2D eigenvalue weighted by atomic mass is 10.2. The zero-order valence-electron chi connectivity index (χ0n) is 12.8. The molecule has 0 radical (unpaired) electrons. The van der Waals surface area contributed by atoms with Crippen molar-refractivity contribution in [3.8, 4) is 0 Å². The molecule has 0 spiro atoms.